The van der Waals surface area contributed by atoms with Crippen molar-refractivity contribution in [2.24, 2.45) is 5.41 Å². The number of likely N-dealkylation sites (N-methyl/N-ethyl adjacent to an activating group) is 1. The zero-order valence-electron chi connectivity index (χ0n) is 13.8. The van der Waals surface area contributed by atoms with Crippen LogP contribution in [0, 0.1) is 5.41 Å². The Morgan fingerprint density at radius 2 is 1.91 bits per heavy atom. The van der Waals surface area contributed by atoms with Gasteiger partial charge in [-0.3, -0.25) is 9.69 Å². The molecule has 3 aliphatic rings. The number of rotatable bonds is 5. The van der Waals surface area contributed by atoms with Crippen LogP contribution in [0.5, 0.6) is 0 Å². The van der Waals surface area contributed by atoms with Gasteiger partial charge in [0.15, 0.2) is 0 Å². The van der Waals surface area contributed by atoms with E-state index in [1.165, 1.54) is 0 Å². The number of amides is 1. The maximum absolute atomic E-state index is 12.3. The zero-order valence-corrected chi connectivity index (χ0v) is 14.6. The van der Waals surface area contributed by atoms with E-state index >= 15 is 0 Å². The van der Waals surface area contributed by atoms with Gasteiger partial charge in [0.1, 0.15) is 0 Å². The molecule has 0 aromatic rings. The summed E-state index contributed by atoms with van der Waals surface area (Å²) in [6.45, 7) is 7.26. The van der Waals surface area contributed by atoms with Crippen LogP contribution >= 0.6 is 0 Å². The van der Waals surface area contributed by atoms with Crippen molar-refractivity contribution in [1.82, 2.24) is 14.1 Å². The van der Waals surface area contributed by atoms with E-state index in [1.54, 1.807) is 4.31 Å². The first-order chi connectivity index (χ1) is 10.2. The maximum atomic E-state index is 12.3. The van der Waals surface area contributed by atoms with Crippen LogP contribution in [0.3, 0.4) is 0 Å². The van der Waals surface area contributed by atoms with Gasteiger partial charge in [-0.1, -0.05) is 0 Å². The molecule has 0 bridgehead atoms. The molecule has 7 heteroatoms. The summed E-state index contributed by atoms with van der Waals surface area (Å²) < 4.78 is 26.3. The summed E-state index contributed by atoms with van der Waals surface area (Å²) in [6, 6.07) is 0.352. The number of likely N-dealkylation sites (tertiary alicyclic amines) is 1. The predicted molar refractivity (Wildman–Crippen MR) is 84.9 cm³/mol. The molecule has 0 unspecified atom stereocenters. The second kappa shape index (κ2) is 5.46. The van der Waals surface area contributed by atoms with E-state index in [9.17, 15) is 13.2 Å². The van der Waals surface area contributed by atoms with Crippen molar-refractivity contribution >= 4 is 15.9 Å². The third-order valence-corrected chi connectivity index (χ3v) is 7.73. The molecule has 1 amide bonds. The summed E-state index contributed by atoms with van der Waals surface area (Å²) in [5.74, 6) is 0.158. The van der Waals surface area contributed by atoms with Crippen molar-refractivity contribution in [2.45, 2.75) is 44.4 Å². The molecule has 2 aliphatic heterocycles. The molecule has 126 valence electrons. The van der Waals surface area contributed by atoms with Crippen LogP contribution in [0.2, 0.25) is 0 Å². The average molecular weight is 329 g/mol. The van der Waals surface area contributed by atoms with Crippen LogP contribution in [0.4, 0.5) is 0 Å². The van der Waals surface area contributed by atoms with E-state index in [-0.39, 0.29) is 16.6 Å². The highest BCUT2D eigenvalue weighted by Crippen LogP contribution is 2.43. The van der Waals surface area contributed by atoms with E-state index in [2.05, 4.69) is 13.8 Å². The number of hydrogen-bond donors (Lipinski definition) is 0. The summed E-state index contributed by atoms with van der Waals surface area (Å²) >= 11 is 0. The normalized spacial score (nSPS) is 25.2. The summed E-state index contributed by atoms with van der Waals surface area (Å²) in [5, 5.41) is -0.125. The van der Waals surface area contributed by atoms with Crippen LogP contribution in [0.15, 0.2) is 0 Å². The first-order valence-electron chi connectivity index (χ1n) is 8.20. The highest BCUT2D eigenvalue weighted by atomic mass is 32.2. The fourth-order valence-corrected chi connectivity index (χ4v) is 5.33. The summed E-state index contributed by atoms with van der Waals surface area (Å²) in [7, 11) is -1.10. The molecule has 1 spiro atoms. The fraction of sp³-hybridized carbons (Fsp3) is 0.933. The second-order valence-electron chi connectivity index (χ2n) is 7.59. The smallest absolute Gasteiger partial charge is 0.236 e. The van der Waals surface area contributed by atoms with E-state index in [0.29, 0.717) is 38.8 Å². The largest absolute Gasteiger partial charge is 0.340 e. The molecule has 0 atom stereocenters. The number of hydrogen-bond acceptors (Lipinski definition) is 4. The van der Waals surface area contributed by atoms with Crippen LogP contribution in [-0.4, -0.2) is 79.5 Å². The van der Waals surface area contributed by atoms with Crippen LogP contribution < -0.4 is 0 Å². The van der Waals surface area contributed by atoms with E-state index < -0.39 is 10.0 Å². The number of sulfonamides is 1. The molecule has 2 saturated heterocycles. The Morgan fingerprint density at radius 3 is 2.45 bits per heavy atom. The predicted octanol–water partition coefficient (Wildman–Crippen LogP) is 0.353. The summed E-state index contributed by atoms with van der Waals surface area (Å²) in [6.07, 6.45) is 2.53. The molecule has 3 fully saturated rings. The summed E-state index contributed by atoms with van der Waals surface area (Å²) in [4.78, 5) is 16.1. The van der Waals surface area contributed by atoms with Crippen molar-refractivity contribution in [3.63, 3.8) is 0 Å². The standard InChI is InChI=1S/C15H27N3O3S/c1-12(2)16(3)8-14(19)17-9-15(10-17)6-7-18(11-15)22(20,21)13-4-5-13/h12-13H,4-11H2,1-3H3. The van der Waals surface area contributed by atoms with Gasteiger partial charge in [-0.15, -0.1) is 0 Å². The number of carbonyl (C=O) groups excluding carboxylic acids is 1. The van der Waals surface area contributed by atoms with Gasteiger partial charge >= 0.3 is 0 Å². The van der Waals surface area contributed by atoms with Gasteiger partial charge < -0.3 is 4.90 Å². The van der Waals surface area contributed by atoms with E-state index in [4.69, 9.17) is 0 Å². The molecule has 0 radical (unpaired) electrons. The molecule has 3 rings (SSSR count). The minimum atomic E-state index is -3.06. The molecular weight excluding hydrogens is 302 g/mol. The third kappa shape index (κ3) is 2.90. The van der Waals surface area contributed by atoms with E-state index in [1.807, 2.05) is 16.8 Å². The van der Waals surface area contributed by atoms with Crippen molar-refractivity contribution in [2.75, 3.05) is 39.8 Å². The number of carbonyl (C=O) groups is 1. The van der Waals surface area contributed by atoms with Gasteiger partial charge in [0.25, 0.3) is 0 Å². The molecule has 6 nitrogen and oxygen atoms in total. The Bertz CT molecular complexity index is 550. The minimum absolute atomic E-state index is 0.0218. The second-order valence-corrected chi connectivity index (χ2v) is 9.80. The van der Waals surface area contributed by atoms with Crippen LogP contribution in [0.25, 0.3) is 0 Å². The lowest BCUT2D eigenvalue weighted by Gasteiger charge is -2.48. The van der Waals surface area contributed by atoms with Crippen molar-refractivity contribution in [3.8, 4) is 0 Å². The Kier molecular flexibility index (Phi) is 4.02. The Hall–Kier alpha value is -0.660. The molecule has 22 heavy (non-hydrogen) atoms. The first kappa shape index (κ1) is 16.2. The highest BCUT2D eigenvalue weighted by Gasteiger charge is 2.53. The highest BCUT2D eigenvalue weighted by molar-refractivity contribution is 7.90. The Balaban J connectivity index is 1.52. The van der Waals surface area contributed by atoms with Gasteiger partial charge in [-0.25, -0.2) is 12.7 Å². The average Bonchev–Trinajstić information content (AvgIpc) is 3.15. The van der Waals surface area contributed by atoms with Crippen LogP contribution in [0.1, 0.15) is 33.1 Å². The molecule has 0 aromatic heterocycles. The molecule has 0 aromatic carbocycles. The van der Waals surface area contributed by atoms with Crippen molar-refractivity contribution in [3.05, 3.63) is 0 Å². The van der Waals surface area contributed by atoms with Crippen molar-refractivity contribution < 1.29 is 13.2 Å². The van der Waals surface area contributed by atoms with Gasteiger partial charge in [0.05, 0.1) is 11.8 Å². The van der Waals surface area contributed by atoms with Gasteiger partial charge in [0.2, 0.25) is 15.9 Å². The van der Waals surface area contributed by atoms with Crippen molar-refractivity contribution in [1.29, 1.82) is 0 Å². The topological polar surface area (TPSA) is 60.9 Å². The quantitative estimate of drug-likeness (QED) is 0.730. The molecular formula is C15H27N3O3S. The lowest BCUT2D eigenvalue weighted by molar-refractivity contribution is -0.143. The first-order valence-corrected chi connectivity index (χ1v) is 9.71. The lowest BCUT2D eigenvalue weighted by atomic mass is 9.79. The van der Waals surface area contributed by atoms with E-state index in [0.717, 1.165) is 19.3 Å². The van der Waals surface area contributed by atoms with Crippen LogP contribution in [-0.2, 0) is 14.8 Å². The SMILES string of the molecule is CC(C)N(C)CC(=O)N1CC2(CCN(S(=O)(=O)C3CC3)C2)C1. The fourth-order valence-electron chi connectivity index (χ4n) is 3.38. The monoisotopic (exact) mass is 329 g/mol. The number of nitrogens with zero attached hydrogens (tertiary/aromatic N) is 3. The van der Waals surface area contributed by atoms with Gasteiger partial charge in [-0.2, -0.15) is 0 Å². The molecule has 1 aliphatic carbocycles. The minimum Gasteiger partial charge on any atom is -0.340 e. The Labute approximate surface area is 133 Å². The van der Waals surface area contributed by atoms with Gasteiger partial charge in [0, 0.05) is 37.6 Å². The third-order valence-electron chi connectivity index (χ3n) is 5.38. The lowest BCUT2D eigenvalue weighted by Crippen LogP contribution is -2.61. The molecule has 2 heterocycles. The Morgan fingerprint density at radius 1 is 1.27 bits per heavy atom. The van der Waals surface area contributed by atoms with Gasteiger partial charge in [-0.05, 0) is 40.2 Å². The molecule has 0 N–H and O–H groups in total. The maximum Gasteiger partial charge on any atom is 0.236 e. The molecule has 1 saturated carbocycles. The summed E-state index contributed by atoms with van der Waals surface area (Å²) in [5.41, 5.74) is 0.0218. The zero-order chi connectivity index (χ0) is 16.1.